The number of Topliss-reactive ketones (excluding diaryl/α,β-unsaturated/α-hetero) is 1. The highest BCUT2D eigenvalue weighted by Gasteiger charge is 2.53. The third-order valence-corrected chi connectivity index (χ3v) is 6.80. The van der Waals surface area contributed by atoms with E-state index in [2.05, 4.69) is 12.1 Å². The van der Waals surface area contributed by atoms with E-state index in [-0.39, 0.29) is 17.6 Å². The van der Waals surface area contributed by atoms with Crippen molar-refractivity contribution < 1.29 is 14.6 Å². The summed E-state index contributed by atoms with van der Waals surface area (Å²) >= 11 is 0. The zero-order valence-electron chi connectivity index (χ0n) is 15.6. The molecule has 2 aromatic rings. The molecule has 3 atom stereocenters. The normalized spacial score (nSPS) is 29.2. The summed E-state index contributed by atoms with van der Waals surface area (Å²) in [6, 6.07) is 16.1. The number of hydrogen-bond acceptors (Lipinski definition) is 3. The first-order chi connectivity index (χ1) is 13.1. The fourth-order valence-corrected chi connectivity index (χ4v) is 5.63. The fourth-order valence-electron chi connectivity index (χ4n) is 5.63. The number of ketones is 1. The molecule has 0 bridgehead atoms. The quantitative estimate of drug-likeness (QED) is 0.869. The Morgan fingerprint density at radius 2 is 1.93 bits per heavy atom. The molecule has 0 saturated heterocycles. The van der Waals surface area contributed by atoms with Gasteiger partial charge in [-0.2, -0.15) is 0 Å². The first kappa shape index (κ1) is 16.8. The van der Waals surface area contributed by atoms with Crippen molar-refractivity contribution in [2.45, 2.75) is 43.6 Å². The highest BCUT2D eigenvalue weighted by atomic mass is 16.5. The van der Waals surface area contributed by atoms with Crippen molar-refractivity contribution in [2.24, 2.45) is 5.92 Å². The fraction of sp³-hybridized carbons (Fsp3) is 0.375. The number of carbonyl (C=O) groups excluding carboxylic acids is 1. The lowest BCUT2D eigenvalue weighted by atomic mass is 9.60. The number of methoxy groups -OCH3 is 1. The van der Waals surface area contributed by atoms with Crippen molar-refractivity contribution in [1.29, 1.82) is 0 Å². The molecule has 2 aromatic carbocycles. The van der Waals surface area contributed by atoms with Gasteiger partial charge in [0.2, 0.25) is 0 Å². The minimum Gasteiger partial charge on any atom is -0.497 e. The van der Waals surface area contributed by atoms with Gasteiger partial charge in [-0.3, -0.25) is 4.79 Å². The topological polar surface area (TPSA) is 46.5 Å². The molecule has 3 aliphatic carbocycles. The summed E-state index contributed by atoms with van der Waals surface area (Å²) in [5.41, 5.74) is 4.33. The smallest absolute Gasteiger partial charge is 0.164 e. The summed E-state index contributed by atoms with van der Waals surface area (Å²) in [7, 11) is 1.69. The standard InChI is InChI=1S/C24H24O3/c1-27-18-8-9-19-16(13-18)11-12-24(26)20(19)10-7-17-14-21(25)22(23(17)24)15-5-3-2-4-6-15/h2-6,8-9,13,17,20,26H,7,10-12,14H2,1H3/t17-,20-,24+/m1/s1. The highest BCUT2D eigenvalue weighted by molar-refractivity contribution is 6.24. The van der Waals surface area contributed by atoms with Crippen LogP contribution in [0.5, 0.6) is 5.75 Å². The number of aryl methyl sites for hydroxylation is 1. The van der Waals surface area contributed by atoms with E-state index >= 15 is 0 Å². The Hall–Kier alpha value is -2.39. The van der Waals surface area contributed by atoms with E-state index in [1.54, 1.807) is 7.11 Å². The van der Waals surface area contributed by atoms with Gasteiger partial charge in [0, 0.05) is 17.9 Å². The van der Waals surface area contributed by atoms with Crippen LogP contribution in [0.2, 0.25) is 0 Å². The highest BCUT2D eigenvalue weighted by Crippen LogP contribution is 2.57. The molecule has 3 heteroatoms. The molecule has 1 N–H and O–H groups in total. The molecular weight excluding hydrogens is 336 g/mol. The first-order valence-electron chi connectivity index (χ1n) is 9.84. The molecule has 5 rings (SSSR count). The van der Waals surface area contributed by atoms with E-state index in [0.29, 0.717) is 12.8 Å². The van der Waals surface area contributed by atoms with E-state index in [1.807, 2.05) is 36.4 Å². The number of hydrogen-bond donors (Lipinski definition) is 1. The van der Waals surface area contributed by atoms with Crippen LogP contribution in [-0.4, -0.2) is 23.6 Å². The van der Waals surface area contributed by atoms with Crippen LogP contribution >= 0.6 is 0 Å². The molecule has 0 aliphatic heterocycles. The molecule has 138 valence electrons. The van der Waals surface area contributed by atoms with Crippen molar-refractivity contribution in [3.05, 3.63) is 70.8 Å². The van der Waals surface area contributed by atoms with Crippen LogP contribution in [-0.2, 0) is 11.2 Å². The van der Waals surface area contributed by atoms with E-state index in [9.17, 15) is 9.90 Å². The Morgan fingerprint density at radius 1 is 1.11 bits per heavy atom. The Bertz CT molecular complexity index is 943. The molecule has 1 saturated carbocycles. The summed E-state index contributed by atoms with van der Waals surface area (Å²) in [4.78, 5) is 12.9. The third-order valence-electron chi connectivity index (χ3n) is 6.80. The molecule has 0 unspecified atom stereocenters. The van der Waals surface area contributed by atoms with Crippen LogP contribution in [0.3, 0.4) is 0 Å². The number of rotatable bonds is 2. The van der Waals surface area contributed by atoms with Crippen LogP contribution in [0.25, 0.3) is 5.57 Å². The van der Waals surface area contributed by atoms with Crippen molar-refractivity contribution in [3.63, 3.8) is 0 Å². The second kappa shape index (κ2) is 6.07. The van der Waals surface area contributed by atoms with Crippen molar-refractivity contribution in [1.82, 2.24) is 0 Å². The SMILES string of the molecule is COc1ccc2c(c1)CC[C@@]1(O)C3=C(c4ccccc4)C(=O)C[C@H]3CC[C@H]21. The van der Waals surface area contributed by atoms with Gasteiger partial charge < -0.3 is 9.84 Å². The Morgan fingerprint density at radius 3 is 2.70 bits per heavy atom. The van der Waals surface area contributed by atoms with Crippen LogP contribution in [0.4, 0.5) is 0 Å². The van der Waals surface area contributed by atoms with Crippen molar-refractivity contribution in [3.8, 4) is 5.75 Å². The minimum absolute atomic E-state index is 0.0584. The number of aliphatic hydroxyl groups is 1. The molecule has 1 fully saturated rings. The molecule has 0 amide bonds. The summed E-state index contributed by atoms with van der Waals surface area (Å²) < 4.78 is 5.38. The van der Waals surface area contributed by atoms with Crippen LogP contribution < -0.4 is 4.74 Å². The Labute approximate surface area is 159 Å². The van der Waals surface area contributed by atoms with Gasteiger partial charge in [0.25, 0.3) is 0 Å². The third kappa shape index (κ3) is 2.41. The average molecular weight is 360 g/mol. The van der Waals surface area contributed by atoms with Crippen molar-refractivity contribution >= 4 is 11.4 Å². The minimum atomic E-state index is -0.915. The maximum Gasteiger partial charge on any atom is 0.164 e. The van der Waals surface area contributed by atoms with Gasteiger partial charge >= 0.3 is 0 Å². The zero-order chi connectivity index (χ0) is 18.6. The van der Waals surface area contributed by atoms with E-state index in [1.165, 1.54) is 11.1 Å². The van der Waals surface area contributed by atoms with Gasteiger partial charge in [0.15, 0.2) is 5.78 Å². The zero-order valence-corrected chi connectivity index (χ0v) is 15.6. The number of carbonyl (C=O) groups is 1. The lowest BCUT2D eigenvalue weighted by Crippen LogP contribution is -2.46. The van der Waals surface area contributed by atoms with Crippen LogP contribution in [0, 0.1) is 5.92 Å². The molecule has 0 aromatic heterocycles. The Kier molecular flexibility index (Phi) is 3.76. The molecule has 3 nitrogen and oxygen atoms in total. The average Bonchev–Trinajstić information content (AvgIpc) is 3.05. The van der Waals surface area contributed by atoms with Gasteiger partial charge in [0.1, 0.15) is 5.75 Å². The molecule has 0 heterocycles. The second-order valence-corrected chi connectivity index (χ2v) is 8.10. The molecule has 0 radical (unpaired) electrons. The van der Waals surface area contributed by atoms with Gasteiger partial charge in [-0.15, -0.1) is 0 Å². The van der Waals surface area contributed by atoms with E-state index < -0.39 is 5.60 Å². The van der Waals surface area contributed by atoms with Gasteiger partial charge in [-0.25, -0.2) is 0 Å². The predicted octanol–water partition coefficient (Wildman–Crippen LogP) is 4.29. The maximum atomic E-state index is 12.9. The summed E-state index contributed by atoms with van der Waals surface area (Å²) in [5, 5.41) is 11.9. The predicted molar refractivity (Wildman–Crippen MR) is 105 cm³/mol. The summed E-state index contributed by atoms with van der Waals surface area (Å²) in [5.74, 6) is 1.31. The van der Waals surface area contributed by atoms with Crippen LogP contribution in [0.1, 0.15) is 48.3 Å². The lowest BCUT2D eigenvalue weighted by Gasteiger charge is -2.48. The van der Waals surface area contributed by atoms with Gasteiger partial charge in [0.05, 0.1) is 12.7 Å². The van der Waals surface area contributed by atoms with Gasteiger partial charge in [-0.1, -0.05) is 36.4 Å². The van der Waals surface area contributed by atoms with Crippen molar-refractivity contribution in [2.75, 3.05) is 7.11 Å². The molecule has 3 aliphatic rings. The maximum absolute atomic E-state index is 12.9. The van der Waals surface area contributed by atoms with E-state index in [4.69, 9.17) is 4.74 Å². The number of allylic oxidation sites excluding steroid dienone is 1. The molecule has 0 spiro atoms. The Balaban J connectivity index is 1.67. The monoisotopic (exact) mass is 360 g/mol. The second-order valence-electron chi connectivity index (χ2n) is 8.10. The van der Waals surface area contributed by atoms with Gasteiger partial charge in [-0.05, 0) is 66.0 Å². The van der Waals surface area contributed by atoms with E-state index in [0.717, 1.165) is 41.7 Å². The largest absolute Gasteiger partial charge is 0.497 e. The summed E-state index contributed by atoms with van der Waals surface area (Å²) in [6.45, 7) is 0. The number of benzene rings is 2. The number of fused-ring (bicyclic) bond motifs is 5. The number of ether oxygens (including phenoxy) is 1. The summed E-state index contributed by atoms with van der Waals surface area (Å²) in [6.07, 6.45) is 3.93. The molecule has 27 heavy (non-hydrogen) atoms. The molecular formula is C24H24O3. The lowest BCUT2D eigenvalue weighted by molar-refractivity contribution is -0.113. The first-order valence-corrected chi connectivity index (χ1v) is 9.84. The van der Waals surface area contributed by atoms with Crippen LogP contribution in [0.15, 0.2) is 54.1 Å².